The molecule has 2 aliphatic heterocycles. The summed E-state index contributed by atoms with van der Waals surface area (Å²) in [6.07, 6.45) is 0.887. The van der Waals surface area contributed by atoms with E-state index in [1.165, 1.54) is 0 Å². The second kappa shape index (κ2) is 9.06. The van der Waals surface area contributed by atoms with E-state index in [0.29, 0.717) is 29.2 Å². The molecule has 2 aliphatic rings. The van der Waals surface area contributed by atoms with Crippen molar-refractivity contribution in [2.45, 2.75) is 6.42 Å². The highest BCUT2D eigenvalue weighted by atomic mass is 16.6. The minimum atomic E-state index is -0.00517. The van der Waals surface area contributed by atoms with Gasteiger partial charge in [0.05, 0.1) is 22.9 Å². The number of hydrogen-bond donors (Lipinski definition) is 2. The number of aliphatic imine (C=N–C) groups is 1. The highest BCUT2D eigenvalue weighted by Gasteiger charge is 2.29. The molecule has 0 saturated carbocycles. The minimum absolute atomic E-state index is 0.00517. The van der Waals surface area contributed by atoms with Gasteiger partial charge in [-0.25, -0.2) is 4.99 Å². The molecule has 2 aromatic carbocycles. The van der Waals surface area contributed by atoms with Crippen molar-refractivity contribution in [3.63, 3.8) is 0 Å². The van der Waals surface area contributed by atoms with E-state index in [2.05, 4.69) is 33.1 Å². The Bertz CT molecular complexity index is 1280. The summed E-state index contributed by atoms with van der Waals surface area (Å²) in [7, 11) is 2.15. The third-order valence-corrected chi connectivity index (χ3v) is 6.22. The van der Waals surface area contributed by atoms with E-state index in [1.807, 2.05) is 24.3 Å². The lowest BCUT2D eigenvalue weighted by Crippen LogP contribution is -2.44. The number of hydrogen-bond acceptors (Lipinski definition) is 7. The summed E-state index contributed by atoms with van der Waals surface area (Å²) in [6.45, 7) is 5.85. The van der Waals surface area contributed by atoms with Gasteiger partial charge in [0.2, 0.25) is 0 Å². The van der Waals surface area contributed by atoms with Crippen LogP contribution in [0.3, 0.4) is 0 Å². The number of nitrogens with one attached hydrogen (secondary N) is 1. The molecule has 0 amide bonds. The van der Waals surface area contributed by atoms with Crippen LogP contribution >= 0.6 is 0 Å². The van der Waals surface area contributed by atoms with Crippen LogP contribution in [0.1, 0.15) is 23.1 Å². The molecule has 0 spiro atoms. The van der Waals surface area contributed by atoms with Crippen LogP contribution in [0.5, 0.6) is 5.88 Å². The number of aromatic hydroxyl groups is 1. The van der Waals surface area contributed by atoms with Crippen LogP contribution < -0.4 is 0 Å². The number of piperazine rings is 1. The van der Waals surface area contributed by atoms with E-state index in [0.717, 1.165) is 61.3 Å². The predicted octanol–water partition coefficient (Wildman–Crippen LogP) is 3.24. The molecule has 0 bridgehead atoms. The lowest BCUT2D eigenvalue weighted by Gasteiger charge is -2.32. The quantitative estimate of drug-likeness (QED) is 0.451. The van der Waals surface area contributed by atoms with Crippen molar-refractivity contribution in [2.75, 3.05) is 46.4 Å². The third kappa shape index (κ3) is 4.21. The maximum atomic E-state index is 10.7. The number of para-hydroxylation sites is 1. The van der Waals surface area contributed by atoms with Gasteiger partial charge >= 0.3 is 0 Å². The van der Waals surface area contributed by atoms with Crippen LogP contribution in [0, 0.1) is 11.3 Å². The van der Waals surface area contributed by atoms with Gasteiger partial charge in [-0.15, -0.1) is 0 Å². The van der Waals surface area contributed by atoms with Gasteiger partial charge in [0.25, 0.3) is 0 Å². The molecule has 1 saturated heterocycles. The molecule has 0 unspecified atom stereocenters. The second-order valence-electron chi connectivity index (χ2n) is 8.47. The Balaban J connectivity index is 1.38. The fourth-order valence-corrected chi connectivity index (χ4v) is 4.36. The summed E-state index contributed by atoms with van der Waals surface area (Å²) in [5, 5.41) is 25.2. The second-order valence-corrected chi connectivity index (χ2v) is 8.47. The lowest BCUT2D eigenvalue weighted by atomic mass is 10.0. The van der Waals surface area contributed by atoms with E-state index in [-0.39, 0.29) is 5.88 Å². The smallest absolute Gasteiger partial charge is 0.199 e. The van der Waals surface area contributed by atoms with Crippen molar-refractivity contribution in [2.24, 2.45) is 10.1 Å². The molecule has 5 rings (SSSR count). The van der Waals surface area contributed by atoms with Gasteiger partial charge in [-0.05, 0) is 37.7 Å². The average molecular weight is 443 g/mol. The Hall–Kier alpha value is -3.67. The van der Waals surface area contributed by atoms with Crippen molar-refractivity contribution in [1.29, 1.82) is 5.26 Å². The van der Waals surface area contributed by atoms with Crippen molar-refractivity contribution in [3.05, 3.63) is 59.2 Å². The van der Waals surface area contributed by atoms with Crippen molar-refractivity contribution < 1.29 is 9.94 Å². The predicted molar refractivity (Wildman–Crippen MR) is 128 cm³/mol. The third-order valence-electron chi connectivity index (χ3n) is 6.22. The first-order valence-electron chi connectivity index (χ1n) is 11.2. The van der Waals surface area contributed by atoms with Crippen LogP contribution in [0.2, 0.25) is 0 Å². The number of likely N-dealkylation sites (N-methyl/N-ethyl adjacent to an activating group) is 1. The van der Waals surface area contributed by atoms with Gasteiger partial charge < -0.3 is 24.7 Å². The summed E-state index contributed by atoms with van der Waals surface area (Å²) in [6, 6.07) is 15.1. The maximum absolute atomic E-state index is 10.7. The first-order chi connectivity index (χ1) is 16.1. The van der Waals surface area contributed by atoms with Crippen molar-refractivity contribution in [3.8, 4) is 11.9 Å². The Morgan fingerprint density at radius 2 is 2.00 bits per heavy atom. The average Bonchev–Trinajstić information content (AvgIpc) is 3.35. The maximum Gasteiger partial charge on any atom is 0.199 e. The molecule has 1 aromatic heterocycles. The largest absolute Gasteiger partial charge is 0.494 e. The molecular weight excluding hydrogens is 416 g/mol. The standard InChI is InChI=1S/C25H26N6O2/c1-30-10-12-31(13-11-30)9-4-14-33-29-23-18-5-2-3-6-20(18)27-24(23)22-19-15-17(16-26)7-8-21(19)28-25(22)32/h2-3,5-8,15,28,32H,4,9-14H2,1H3/b29-23+. The summed E-state index contributed by atoms with van der Waals surface area (Å²) < 4.78 is 0. The van der Waals surface area contributed by atoms with Crippen LogP contribution in [0.15, 0.2) is 52.6 Å². The van der Waals surface area contributed by atoms with Crippen LogP contribution in [0.4, 0.5) is 5.69 Å². The molecule has 0 atom stereocenters. The van der Waals surface area contributed by atoms with Gasteiger partial charge in [-0.3, -0.25) is 0 Å². The first kappa shape index (κ1) is 21.2. The lowest BCUT2D eigenvalue weighted by molar-refractivity contribution is 0.111. The van der Waals surface area contributed by atoms with E-state index >= 15 is 0 Å². The zero-order chi connectivity index (χ0) is 22.8. The van der Waals surface area contributed by atoms with Gasteiger partial charge in [0.1, 0.15) is 18.0 Å². The first-order valence-corrected chi connectivity index (χ1v) is 11.2. The molecule has 3 aromatic rings. The van der Waals surface area contributed by atoms with Crippen LogP contribution in [0.25, 0.3) is 10.9 Å². The number of rotatable bonds is 6. The highest BCUT2D eigenvalue weighted by Crippen LogP contribution is 2.36. The zero-order valence-electron chi connectivity index (χ0n) is 18.6. The van der Waals surface area contributed by atoms with Crippen molar-refractivity contribution >= 4 is 28.0 Å². The Labute approximate surface area is 192 Å². The fourth-order valence-electron chi connectivity index (χ4n) is 4.36. The van der Waals surface area contributed by atoms with Gasteiger partial charge in [-0.1, -0.05) is 23.4 Å². The zero-order valence-corrected chi connectivity index (χ0v) is 18.6. The van der Waals surface area contributed by atoms with Crippen LogP contribution in [-0.4, -0.2) is 77.7 Å². The Kier molecular flexibility index (Phi) is 5.82. The molecule has 33 heavy (non-hydrogen) atoms. The van der Waals surface area contributed by atoms with E-state index in [1.54, 1.807) is 18.2 Å². The molecule has 0 radical (unpaired) electrons. The molecular formula is C25H26N6O2. The Morgan fingerprint density at radius 3 is 2.82 bits per heavy atom. The highest BCUT2D eigenvalue weighted by molar-refractivity contribution is 6.58. The normalized spacial score (nSPS) is 17.8. The number of nitrogens with zero attached hydrogens (tertiary/aromatic N) is 5. The molecule has 1 fully saturated rings. The monoisotopic (exact) mass is 442 g/mol. The number of benzene rings is 2. The van der Waals surface area contributed by atoms with E-state index in [4.69, 9.17) is 9.83 Å². The molecule has 0 aliphatic carbocycles. The number of aromatic nitrogens is 1. The van der Waals surface area contributed by atoms with E-state index < -0.39 is 0 Å². The summed E-state index contributed by atoms with van der Waals surface area (Å²) in [5.41, 5.74) is 4.52. The topological polar surface area (TPSA) is 100 Å². The van der Waals surface area contributed by atoms with Gasteiger partial charge in [0.15, 0.2) is 5.88 Å². The minimum Gasteiger partial charge on any atom is -0.494 e. The fraction of sp³-hybridized carbons (Fsp3) is 0.320. The van der Waals surface area contributed by atoms with Crippen LogP contribution in [-0.2, 0) is 4.84 Å². The molecule has 3 heterocycles. The number of nitriles is 1. The summed E-state index contributed by atoms with van der Waals surface area (Å²) in [4.78, 5) is 18.3. The SMILES string of the molecule is CN1CCN(CCCO/N=C2/C(c3c(O)[nH]c4ccc(C#N)cc34)=Nc3ccccc32)CC1. The van der Waals surface area contributed by atoms with Crippen molar-refractivity contribution in [1.82, 2.24) is 14.8 Å². The van der Waals surface area contributed by atoms with Gasteiger partial charge in [-0.2, -0.15) is 5.26 Å². The number of oxime groups is 1. The van der Waals surface area contributed by atoms with E-state index in [9.17, 15) is 10.4 Å². The summed E-state index contributed by atoms with van der Waals surface area (Å²) >= 11 is 0. The summed E-state index contributed by atoms with van der Waals surface area (Å²) in [5.74, 6) is -0.00517. The number of aromatic amines is 1. The Morgan fingerprint density at radius 1 is 1.18 bits per heavy atom. The molecule has 168 valence electrons. The number of fused-ring (bicyclic) bond motifs is 2. The molecule has 8 heteroatoms. The molecule has 8 nitrogen and oxygen atoms in total. The number of H-pyrrole nitrogens is 1. The van der Waals surface area contributed by atoms with Gasteiger partial charge in [0, 0.05) is 49.2 Å². The molecule has 2 N–H and O–H groups in total.